The molecular weight excluding hydrogens is 360 g/mol. The van der Waals surface area contributed by atoms with Gasteiger partial charge in [-0.3, -0.25) is 14.7 Å². The smallest absolute Gasteiger partial charge is 0.246 e. The molecule has 1 aromatic carbocycles. The summed E-state index contributed by atoms with van der Waals surface area (Å²) in [6.07, 6.45) is 7.49. The van der Waals surface area contributed by atoms with Crippen LogP contribution in [0.25, 0.3) is 27.6 Å². The second kappa shape index (κ2) is 6.35. The van der Waals surface area contributed by atoms with Crippen LogP contribution in [-0.4, -0.2) is 28.1 Å². The Kier molecular flexibility index (Phi) is 3.82. The van der Waals surface area contributed by atoms with Crippen molar-refractivity contribution in [2.75, 3.05) is 5.32 Å². The number of allylic oxidation sites excluding steroid dienone is 1. The number of hydrogen-bond donors (Lipinski definition) is 3. The standard InChI is InChI=1S/C20H18N4O2S/c25-18-8-7-15(22-18)20(26)21-12-5-6-14-13(10-12)19(24-23-14)17-9-11-3-1-2-4-16(11)27-17/h2,4-6,9-10,15H,1,3,7-8H2,(H,21,26)(H,22,25)(H,23,24)/t15-/m0/s1. The van der Waals surface area contributed by atoms with E-state index in [0.29, 0.717) is 18.5 Å². The minimum Gasteiger partial charge on any atom is -0.344 e. The first-order valence-corrected chi connectivity index (χ1v) is 9.87. The van der Waals surface area contributed by atoms with E-state index in [1.807, 2.05) is 18.2 Å². The van der Waals surface area contributed by atoms with E-state index in [1.165, 1.54) is 10.4 Å². The van der Waals surface area contributed by atoms with Crippen LogP contribution in [0.1, 0.15) is 29.7 Å². The second-order valence-corrected chi connectivity index (χ2v) is 8.01. The maximum absolute atomic E-state index is 12.4. The van der Waals surface area contributed by atoms with Crippen LogP contribution in [0.4, 0.5) is 5.69 Å². The van der Waals surface area contributed by atoms with Crippen LogP contribution in [0.5, 0.6) is 0 Å². The van der Waals surface area contributed by atoms with Gasteiger partial charge < -0.3 is 10.6 Å². The van der Waals surface area contributed by atoms with Gasteiger partial charge in [0, 0.05) is 22.4 Å². The number of nitrogens with zero attached hydrogens (tertiary/aromatic N) is 1. The molecule has 5 rings (SSSR count). The van der Waals surface area contributed by atoms with E-state index in [2.05, 4.69) is 39.0 Å². The number of carbonyl (C=O) groups is 2. The molecular formula is C20H18N4O2S. The van der Waals surface area contributed by atoms with Crippen molar-refractivity contribution in [3.8, 4) is 10.6 Å². The fraction of sp³-hybridized carbons (Fsp3) is 0.250. The van der Waals surface area contributed by atoms with Crippen LogP contribution in [-0.2, 0) is 16.0 Å². The lowest BCUT2D eigenvalue weighted by molar-refractivity contribution is -0.122. The van der Waals surface area contributed by atoms with E-state index in [4.69, 9.17) is 0 Å². The van der Waals surface area contributed by atoms with Crippen molar-refractivity contribution in [3.05, 3.63) is 40.8 Å². The molecule has 0 spiro atoms. The molecule has 1 aliphatic heterocycles. The number of rotatable bonds is 3. The molecule has 1 fully saturated rings. The van der Waals surface area contributed by atoms with Gasteiger partial charge in [-0.25, -0.2) is 0 Å². The molecule has 27 heavy (non-hydrogen) atoms. The molecule has 3 aromatic rings. The van der Waals surface area contributed by atoms with E-state index < -0.39 is 6.04 Å². The first-order chi connectivity index (χ1) is 13.2. The number of aryl methyl sites for hydroxylation is 1. The normalized spacial score (nSPS) is 18.5. The molecule has 1 atom stereocenters. The number of thiophene rings is 1. The van der Waals surface area contributed by atoms with Crippen molar-refractivity contribution in [1.29, 1.82) is 0 Å². The highest BCUT2D eigenvalue weighted by Gasteiger charge is 2.27. The lowest BCUT2D eigenvalue weighted by atomic mass is 10.0. The number of nitrogens with one attached hydrogen (secondary N) is 3. The fourth-order valence-electron chi connectivity index (χ4n) is 3.64. The van der Waals surface area contributed by atoms with E-state index >= 15 is 0 Å². The lowest BCUT2D eigenvalue weighted by Gasteiger charge is -2.11. The third kappa shape index (κ3) is 2.94. The molecule has 0 bridgehead atoms. The molecule has 1 saturated heterocycles. The largest absolute Gasteiger partial charge is 0.344 e. The van der Waals surface area contributed by atoms with Gasteiger partial charge in [0.05, 0.1) is 10.4 Å². The van der Waals surface area contributed by atoms with Crippen molar-refractivity contribution >= 4 is 45.8 Å². The van der Waals surface area contributed by atoms with Crippen molar-refractivity contribution in [1.82, 2.24) is 15.5 Å². The fourth-order valence-corrected chi connectivity index (χ4v) is 4.79. The Morgan fingerprint density at radius 1 is 1.26 bits per heavy atom. The van der Waals surface area contributed by atoms with Crippen LogP contribution in [0, 0.1) is 0 Å². The summed E-state index contributed by atoms with van der Waals surface area (Å²) in [6, 6.07) is 7.48. The van der Waals surface area contributed by atoms with Crippen molar-refractivity contribution in [3.63, 3.8) is 0 Å². The van der Waals surface area contributed by atoms with E-state index in [1.54, 1.807) is 11.3 Å². The van der Waals surface area contributed by atoms with Gasteiger partial charge in [0.1, 0.15) is 11.7 Å². The molecule has 0 saturated carbocycles. The number of amides is 2. The second-order valence-electron chi connectivity index (χ2n) is 6.92. The van der Waals surface area contributed by atoms with Crippen LogP contribution in [0.2, 0.25) is 0 Å². The van der Waals surface area contributed by atoms with Gasteiger partial charge in [0.2, 0.25) is 11.8 Å². The zero-order valence-corrected chi connectivity index (χ0v) is 15.4. The maximum atomic E-state index is 12.4. The Hall–Kier alpha value is -2.93. The highest BCUT2D eigenvalue weighted by Crippen LogP contribution is 2.37. The highest BCUT2D eigenvalue weighted by molar-refractivity contribution is 7.16. The average Bonchev–Trinajstić information content (AvgIpc) is 3.38. The van der Waals surface area contributed by atoms with E-state index in [0.717, 1.165) is 34.3 Å². The number of H-pyrrole nitrogens is 1. The summed E-state index contributed by atoms with van der Waals surface area (Å²) in [4.78, 5) is 26.1. The summed E-state index contributed by atoms with van der Waals surface area (Å²) in [5.74, 6) is -0.250. The van der Waals surface area contributed by atoms with E-state index in [9.17, 15) is 9.59 Å². The molecule has 1 aliphatic carbocycles. The quantitative estimate of drug-likeness (QED) is 0.652. The zero-order valence-electron chi connectivity index (χ0n) is 14.5. The van der Waals surface area contributed by atoms with Crippen LogP contribution < -0.4 is 10.6 Å². The summed E-state index contributed by atoms with van der Waals surface area (Å²) in [7, 11) is 0. The van der Waals surface area contributed by atoms with E-state index in [-0.39, 0.29) is 11.8 Å². The van der Waals surface area contributed by atoms with Crippen LogP contribution in [0.15, 0.2) is 30.3 Å². The van der Waals surface area contributed by atoms with Gasteiger partial charge in [-0.15, -0.1) is 11.3 Å². The van der Waals surface area contributed by atoms with Gasteiger partial charge in [0.25, 0.3) is 0 Å². The first kappa shape index (κ1) is 16.3. The summed E-state index contributed by atoms with van der Waals surface area (Å²) in [6.45, 7) is 0. The maximum Gasteiger partial charge on any atom is 0.246 e. The first-order valence-electron chi connectivity index (χ1n) is 9.05. The Balaban J connectivity index is 1.46. The molecule has 0 radical (unpaired) electrons. The predicted molar refractivity (Wildman–Crippen MR) is 107 cm³/mol. The van der Waals surface area contributed by atoms with Gasteiger partial charge in [-0.2, -0.15) is 5.10 Å². The van der Waals surface area contributed by atoms with Gasteiger partial charge in [-0.1, -0.05) is 6.08 Å². The lowest BCUT2D eigenvalue weighted by Crippen LogP contribution is -2.37. The Morgan fingerprint density at radius 3 is 3.00 bits per heavy atom. The third-order valence-corrected chi connectivity index (χ3v) is 6.22. The monoisotopic (exact) mass is 378 g/mol. The number of hydrogen-bond acceptors (Lipinski definition) is 4. The Morgan fingerprint density at radius 2 is 2.19 bits per heavy atom. The predicted octanol–water partition coefficient (Wildman–Crippen LogP) is 3.47. The Bertz CT molecular complexity index is 1090. The molecule has 6 nitrogen and oxygen atoms in total. The number of aromatic amines is 1. The molecule has 0 unspecified atom stereocenters. The number of aromatic nitrogens is 2. The number of anilines is 1. The van der Waals surface area contributed by atoms with Crippen molar-refractivity contribution < 1.29 is 9.59 Å². The molecule has 3 heterocycles. The molecule has 2 amide bonds. The van der Waals surface area contributed by atoms with Gasteiger partial charge >= 0.3 is 0 Å². The minimum absolute atomic E-state index is 0.0709. The van der Waals surface area contributed by atoms with Crippen molar-refractivity contribution in [2.24, 2.45) is 0 Å². The van der Waals surface area contributed by atoms with Crippen LogP contribution in [0.3, 0.4) is 0 Å². The number of carbonyl (C=O) groups excluding carboxylic acids is 2. The molecule has 136 valence electrons. The SMILES string of the molecule is O=C1CC[C@@H](C(=O)Nc2ccc3[nH]nc(-c4cc5c(s4)C=CCC5)c3c2)N1. The summed E-state index contributed by atoms with van der Waals surface area (Å²) >= 11 is 1.74. The van der Waals surface area contributed by atoms with Gasteiger partial charge in [0.15, 0.2) is 0 Å². The number of benzene rings is 1. The zero-order chi connectivity index (χ0) is 18.4. The minimum atomic E-state index is -0.451. The van der Waals surface area contributed by atoms with Gasteiger partial charge in [-0.05, 0) is 55.2 Å². The summed E-state index contributed by atoms with van der Waals surface area (Å²) < 4.78 is 0. The molecule has 2 aromatic heterocycles. The average molecular weight is 378 g/mol. The summed E-state index contributed by atoms with van der Waals surface area (Å²) in [5, 5.41) is 14.2. The molecule has 2 aliphatic rings. The van der Waals surface area contributed by atoms with Crippen LogP contribution >= 0.6 is 11.3 Å². The number of fused-ring (bicyclic) bond motifs is 2. The molecule has 7 heteroatoms. The highest BCUT2D eigenvalue weighted by atomic mass is 32.1. The molecule has 3 N–H and O–H groups in total. The summed E-state index contributed by atoms with van der Waals surface area (Å²) in [5.41, 5.74) is 3.91. The topological polar surface area (TPSA) is 86.9 Å². The third-order valence-electron chi connectivity index (χ3n) is 5.07. The van der Waals surface area contributed by atoms with Crippen molar-refractivity contribution in [2.45, 2.75) is 31.7 Å². The Labute approximate surface area is 159 Å².